The number of hydrogen-bond acceptors (Lipinski definition) is 4. The Bertz CT molecular complexity index is 1290. The van der Waals surface area contributed by atoms with Gasteiger partial charge in [-0.1, -0.05) is 18.5 Å². The van der Waals surface area contributed by atoms with Crippen LogP contribution in [-0.4, -0.2) is 20.2 Å². The number of aromatic nitrogens is 2. The molecule has 1 unspecified atom stereocenters. The van der Waals surface area contributed by atoms with Crippen molar-refractivity contribution in [2.45, 2.75) is 25.4 Å². The number of alkyl halides is 3. The predicted octanol–water partition coefficient (Wildman–Crippen LogP) is 3.67. The highest BCUT2D eigenvalue weighted by Gasteiger charge is 2.35. The number of rotatable bonds is 4. The third-order valence-electron chi connectivity index (χ3n) is 4.50. The molecule has 0 amide bonds. The third kappa shape index (κ3) is 3.60. The van der Waals surface area contributed by atoms with E-state index in [2.05, 4.69) is 0 Å². The summed E-state index contributed by atoms with van der Waals surface area (Å²) in [6.45, 7) is 1.51. The van der Waals surface area contributed by atoms with Crippen LogP contribution in [0.2, 0.25) is 5.02 Å². The van der Waals surface area contributed by atoms with E-state index in [-0.39, 0.29) is 43.4 Å². The molecule has 0 bridgehead atoms. The lowest BCUT2D eigenvalue weighted by Crippen LogP contribution is -2.41. The summed E-state index contributed by atoms with van der Waals surface area (Å²) in [6, 6.07) is 2.27. The molecule has 0 aliphatic rings. The molecule has 12 heteroatoms. The molecule has 1 atom stereocenters. The van der Waals surface area contributed by atoms with Crippen molar-refractivity contribution in [3.05, 3.63) is 61.3 Å². The summed E-state index contributed by atoms with van der Waals surface area (Å²) in [4.78, 5) is 35.8. The SMILES string of the molecule is CC(CC(=O)O)c1cc2c(Cl)cc(F)c(-n3c(=O)cc(C(F)(F)F)n(C)c3=O)c2o1. The van der Waals surface area contributed by atoms with E-state index in [9.17, 15) is 31.9 Å². The summed E-state index contributed by atoms with van der Waals surface area (Å²) >= 11 is 6.01. The fourth-order valence-corrected chi connectivity index (χ4v) is 3.28. The monoisotopic (exact) mass is 448 g/mol. The van der Waals surface area contributed by atoms with Crippen molar-refractivity contribution < 1.29 is 31.9 Å². The quantitative estimate of drug-likeness (QED) is 0.614. The van der Waals surface area contributed by atoms with E-state index in [0.29, 0.717) is 0 Å². The van der Waals surface area contributed by atoms with E-state index in [4.69, 9.17) is 21.1 Å². The van der Waals surface area contributed by atoms with Crippen LogP contribution in [0, 0.1) is 5.82 Å². The van der Waals surface area contributed by atoms with Crippen molar-refractivity contribution in [2.24, 2.45) is 7.05 Å². The molecule has 1 N–H and O–H groups in total. The zero-order chi connectivity index (χ0) is 22.5. The fraction of sp³-hybridized carbons (Fsp3) is 0.278. The van der Waals surface area contributed by atoms with Crippen LogP contribution in [0.1, 0.15) is 30.7 Å². The number of nitrogens with zero attached hydrogens (tertiary/aromatic N) is 2. The second kappa shape index (κ2) is 7.31. The number of fused-ring (bicyclic) bond motifs is 1. The van der Waals surface area contributed by atoms with Gasteiger partial charge in [0.25, 0.3) is 5.56 Å². The van der Waals surface area contributed by atoms with Crippen LogP contribution in [0.25, 0.3) is 16.7 Å². The van der Waals surface area contributed by atoms with Gasteiger partial charge in [0.05, 0.1) is 11.4 Å². The Morgan fingerprint density at radius 2 is 1.90 bits per heavy atom. The standard InChI is InChI=1S/C18H13ClF4N2O5/c1-7(3-14(27)28)11-4-8-9(19)5-10(20)15(16(8)30-11)25-13(26)6-12(18(21,22)23)24(2)17(25)29/h4-7H,3H2,1-2H3,(H,27,28). The molecule has 7 nitrogen and oxygen atoms in total. The Morgan fingerprint density at radius 3 is 2.47 bits per heavy atom. The molecule has 2 aromatic heterocycles. The predicted molar refractivity (Wildman–Crippen MR) is 97.7 cm³/mol. The summed E-state index contributed by atoms with van der Waals surface area (Å²) in [5, 5.41) is 8.85. The minimum atomic E-state index is -4.98. The normalized spacial score (nSPS) is 13.0. The number of carboxylic acids is 1. The zero-order valence-electron chi connectivity index (χ0n) is 15.4. The molecule has 0 saturated heterocycles. The van der Waals surface area contributed by atoms with Crippen molar-refractivity contribution in [2.75, 3.05) is 0 Å². The molecular weight excluding hydrogens is 436 g/mol. The minimum absolute atomic E-state index is 0.0640. The van der Waals surface area contributed by atoms with Crippen molar-refractivity contribution >= 4 is 28.5 Å². The molecule has 3 rings (SSSR count). The summed E-state index contributed by atoms with van der Waals surface area (Å²) in [5.74, 6) is -2.90. The topological polar surface area (TPSA) is 94.4 Å². The highest BCUT2D eigenvalue weighted by molar-refractivity contribution is 6.35. The van der Waals surface area contributed by atoms with E-state index < -0.39 is 46.5 Å². The fourth-order valence-electron chi connectivity index (χ4n) is 3.05. The van der Waals surface area contributed by atoms with E-state index in [1.54, 1.807) is 0 Å². The molecule has 0 aliphatic heterocycles. The molecule has 0 aliphatic carbocycles. The first-order valence-corrected chi connectivity index (χ1v) is 8.74. The number of aliphatic carboxylic acids is 1. The van der Waals surface area contributed by atoms with Crippen molar-refractivity contribution in [1.29, 1.82) is 0 Å². The van der Waals surface area contributed by atoms with Crippen LogP contribution >= 0.6 is 11.6 Å². The molecule has 30 heavy (non-hydrogen) atoms. The molecule has 0 fully saturated rings. The molecular formula is C18H13ClF4N2O5. The van der Waals surface area contributed by atoms with Gasteiger partial charge < -0.3 is 9.52 Å². The van der Waals surface area contributed by atoms with Gasteiger partial charge in [-0.25, -0.2) is 13.8 Å². The van der Waals surface area contributed by atoms with Crippen LogP contribution in [0.4, 0.5) is 17.6 Å². The number of carboxylic acid groups (broad SMARTS) is 1. The smallest absolute Gasteiger partial charge is 0.431 e. The number of hydrogen-bond donors (Lipinski definition) is 1. The van der Waals surface area contributed by atoms with E-state index >= 15 is 0 Å². The molecule has 0 radical (unpaired) electrons. The Morgan fingerprint density at radius 1 is 1.27 bits per heavy atom. The first kappa shape index (κ1) is 21.6. The molecule has 0 spiro atoms. The van der Waals surface area contributed by atoms with E-state index in [1.807, 2.05) is 0 Å². The van der Waals surface area contributed by atoms with Crippen LogP contribution in [0.5, 0.6) is 0 Å². The lowest BCUT2D eigenvalue weighted by Gasteiger charge is -2.14. The molecule has 0 saturated carbocycles. The van der Waals surface area contributed by atoms with Crippen molar-refractivity contribution in [1.82, 2.24) is 9.13 Å². The second-order valence-electron chi connectivity index (χ2n) is 6.62. The second-order valence-corrected chi connectivity index (χ2v) is 7.03. The van der Waals surface area contributed by atoms with Gasteiger partial charge in [-0.3, -0.25) is 14.2 Å². The summed E-state index contributed by atoms with van der Waals surface area (Å²) < 4.78 is 59.8. The van der Waals surface area contributed by atoms with Gasteiger partial charge in [-0.05, 0) is 12.1 Å². The van der Waals surface area contributed by atoms with Gasteiger partial charge in [0.15, 0.2) is 11.4 Å². The first-order chi connectivity index (χ1) is 13.8. The van der Waals surface area contributed by atoms with E-state index in [1.165, 1.54) is 13.0 Å². The summed E-state index contributed by atoms with van der Waals surface area (Å²) in [5.41, 5.74) is -5.47. The van der Waals surface area contributed by atoms with Crippen LogP contribution < -0.4 is 11.2 Å². The lowest BCUT2D eigenvalue weighted by atomic mass is 10.1. The Hall–Kier alpha value is -3.08. The van der Waals surface area contributed by atoms with Gasteiger partial charge >= 0.3 is 17.8 Å². The van der Waals surface area contributed by atoms with Crippen molar-refractivity contribution in [3.8, 4) is 5.69 Å². The minimum Gasteiger partial charge on any atom is -0.481 e. The molecule has 3 aromatic rings. The van der Waals surface area contributed by atoms with Gasteiger partial charge in [0.2, 0.25) is 0 Å². The van der Waals surface area contributed by atoms with E-state index in [0.717, 1.165) is 13.1 Å². The maximum Gasteiger partial charge on any atom is 0.431 e. The van der Waals surface area contributed by atoms with Crippen LogP contribution in [0.15, 0.2) is 32.2 Å². The Labute approximate surface area is 169 Å². The highest BCUT2D eigenvalue weighted by Crippen LogP contribution is 2.36. The van der Waals surface area contributed by atoms with Crippen LogP contribution in [0.3, 0.4) is 0 Å². The number of furan rings is 1. The molecule has 2 heterocycles. The van der Waals surface area contributed by atoms with Gasteiger partial charge in [-0.15, -0.1) is 0 Å². The van der Waals surface area contributed by atoms with Gasteiger partial charge in [0, 0.05) is 24.4 Å². The molecule has 1 aromatic carbocycles. The first-order valence-electron chi connectivity index (χ1n) is 8.36. The Kier molecular flexibility index (Phi) is 5.27. The molecule has 160 valence electrons. The largest absolute Gasteiger partial charge is 0.481 e. The van der Waals surface area contributed by atoms with Crippen LogP contribution in [-0.2, 0) is 18.0 Å². The summed E-state index contributed by atoms with van der Waals surface area (Å²) in [7, 11) is 0.786. The van der Waals surface area contributed by atoms with Crippen molar-refractivity contribution in [3.63, 3.8) is 0 Å². The maximum absolute atomic E-state index is 14.7. The zero-order valence-corrected chi connectivity index (χ0v) is 16.1. The lowest BCUT2D eigenvalue weighted by molar-refractivity contribution is -0.144. The highest BCUT2D eigenvalue weighted by atomic mass is 35.5. The van der Waals surface area contributed by atoms with Gasteiger partial charge in [-0.2, -0.15) is 13.2 Å². The Balaban J connectivity index is 2.36. The van der Waals surface area contributed by atoms with Gasteiger partial charge in [0.1, 0.15) is 17.1 Å². The third-order valence-corrected chi connectivity index (χ3v) is 4.82. The number of benzene rings is 1. The number of carbonyl (C=O) groups is 1. The average Bonchev–Trinajstić information content (AvgIpc) is 3.05. The number of halogens is 5. The average molecular weight is 449 g/mol. The maximum atomic E-state index is 14.7. The summed E-state index contributed by atoms with van der Waals surface area (Å²) in [6.07, 6.45) is -5.32.